The van der Waals surface area contributed by atoms with Gasteiger partial charge in [-0.25, -0.2) is 5.01 Å². The van der Waals surface area contributed by atoms with Crippen LogP contribution in [0.15, 0.2) is 12.3 Å². The van der Waals surface area contributed by atoms with Gasteiger partial charge in [-0.3, -0.25) is 0 Å². The van der Waals surface area contributed by atoms with Gasteiger partial charge < -0.3 is 5.43 Å². The molecule has 0 spiro atoms. The summed E-state index contributed by atoms with van der Waals surface area (Å²) in [7, 11) is 0. The molecule has 2 rings (SSSR count). The summed E-state index contributed by atoms with van der Waals surface area (Å²) in [5, 5.41) is 2.28. The second-order valence-corrected chi connectivity index (χ2v) is 2.88. The predicted molar refractivity (Wildman–Crippen MR) is 39.8 cm³/mol. The molecule has 1 unspecified atom stereocenters. The number of rotatable bonds is 0. The zero-order chi connectivity index (χ0) is 6.81. The topological polar surface area (TPSA) is 27.3 Å². The Morgan fingerprint density at radius 3 is 3.50 bits per heavy atom. The van der Waals surface area contributed by atoms with E-state index in [4.69, 9.17) is 0 Å². The normalized spacial score (nSPS) is 33.0. The Hall–Kier alpha value is -0.540. The Morgan fingerprint density at radius 2 is 2.50 bits per heavy atom. The summed E-state index contributed by atoms with van der Waals surface area (Å²) >= 11 is 0. The minimum Gasteiger partial charge on any atom is -0.316 e. The molecule has 2 N–H and O–H groups in total. The van der Waals surface area contributed by atoms with Crippen LogP contribution in [-0.4, -0.2) is 17.6 Å². The fourth-order valence-electron chi connectivity index (χ4n) is 1.63. The summed E-state index contributed by atoms with van der Waals surface area (Å²) in [5.74, 6) is 0. The van der Waals surface area contributed by atoms with E-state index < -0.39 is 0 Å². The van der Waals surface area contributed by atoms with E-state index in [-0.39, 0.29) is 0 Å². The molecule has 2 heterocycles. The first kappa shape index (κ1) is 6.19. The zero-order valence-corrected chi connectivity index (χ0v) is 6.01. The average Bonchev–Trinajstić information content (AvgIpc) is 2.28. The molecule has 0 bridgehead atoms. The maximum atomic E-state index is 3.14. The van der Waals surface area contributed by atoms with Crippen LogP contribution in [-0.2, 0) is 0 Å². The van der Waals surface area contributed by atoms with Crippen LogP contribution in [0.4, 0.5) is 0 Å². The third kappa shape index (κ3) is 1.02. The van der Waals surface area contributed by atoms with Crippen molar-refractivity contribution in [1.29, 1.82) is 0 Å². The molecule has 2 aliphatic rings. The Morgan fingerprint density at radius 1 is 1.50 bits per heavy atom. The molecule has 3 heteroatoms. The first-order valence-corrected chi connectivity index (χ1v) is 3.89. The fourth-order valence-corrected chi connectivity index (χ4v) is 1.63. The molecule has 0 amide bonds. The lowest BCUT2D eigenvalue weighted by Gasteiger charge is -2.21. The van der Waals surface area contributed by atoms with Gasteiger partial charge in [0.15, 0.2) is 0 Å². The van der Waals surface area contributed by atoms with Crippen molar-refractivity contribution in [3.05, 3.63) is 12.3 Å². The van der Waals surface area contributed by atoms with E-state index >= 15 is 0 Å². The molecule has 0 aliphatic carbocycles. The maximum Gasteiger partial charge on any atom is 0.0296 e. The number of hydrogen-bond acceptors (Lipinski definition) is 3. The van der Waals surface area contributed by atoms with Crippen LogP contribution >= 0.6 is 0 Å². The van der Waals surface area contributed by atoms with E-state index in [1.165, 1.54) is 25.8 Å². The number of fused-ring (bicyclic) bond motifs is 1. The molecular formula is C7H13N3. The molecule has 56 valence electrons. The van der Waals surface area contributed by atoms with Crippen LogP contribution in [0.5, 0.6) is 0 Å². The molecule has 3 nitrogen and oxygen atoms in total. The zero-order valence-electron chi connectivity index (χ0n) is 6.01. The summed E-state index contributed by atoms with van der Waals surface area (Å²) in [5.41, 5.74) is 6.15. The van der Waals surface area contributed by atoms with Crippen LogP contribution in [0.3, 0.4) is 0 Å². The number of nitrogens with zero attached hydrogens (tertiary/aromatic N) is 1. The van der Waals surface area contributed by atoms with E-state index in [1.807, 2.05) is 6.20 Å². The van der Waals surface area contributed by atoms with Crippen LogP contribution < -0.4 is 11.0 Å². The molecule has 2 aliphatic heterocycles. The van der Waals surface area contributed by atoms with Crippen LogP contribution in [0.1, 0.15) is 19.3 Å². The van der Waals surface area contributed by atoms with E-state index in [0.29, 0.717) is 0 Å². The standard InChI is InChI=1S/C7H13N3/c1-3-7-4-2-6-10(7)9-8-5-1/h1,5,7-9H,2-4,6H2. The molecule has 10 heavy (non-hydrogen) atoms. The summed E-state index contributed by atoms with van der Waals surface area (Å²) in [6.07, 6.45) is 7.99. The number of hydrazine groups is 2. The monoisotopic (exact) mass is 139 g/mol. The highest BCUT2D eigenvalue weighted by molar-refractivity contribution is 4.89. The molecule has 0 aromatic carbocycles. The van der Waals surface area contributed by atoms with Gasteiger partial charge in [0.1, 0.15) is 0 Å². The van der Waals surface area contributed by atoms with Gasteiger partial charge in [-0.05, 0) is 19.3 Å². The van der Waals surface area contributed by atoms with Crippen molar-refractivity contribution < 1.29 is 0 Å². The van der Waals surface area contributed by atoms with E-state index in [9.17, 15) is 0 Å². The van der Waals surface area contributed by atoms with Crippen molar-refractivity contribution in [2.75, 3.05) is 6.54 Å². The van der Waals surface area contributed by atoms with Crippen LogP contribution in [0.2, 0.25) is 0 Å². The quantitative estimate of drug-likeness (QED) is 0.508. The first-order valence-electron chi connectivity index (χ1n) is 3.89. The summed E-state index contributed by atoms with van der Waals surface area (Å²) in [4.78, 5) is 0. The van der Waals surface area contributed by atoms with Crippen molar-refractivity contribution >= 4 is 0 Å². The predicted octanol–water partition coefficient (Wildman–Crippen LogP) is 0.377. The largest absolute Gasteiger partial charge is 0.316 e. The molecule has 1 atom stereocenters. The molecule has 0 aromatic heterocycles. The summed E-state index contributed by atoms with van der Waals surface area (Å²) in [6.45, 7) is 1.18. The SMILES string of the molecule is C1=CNNN2CCCC2C1. The highest BCUT2D eigenvalue weighted by Crippen LogP contribution is 2.18. The van der Waals surface area contributed by atoms with Crippen molar-refractivity contribution in [3.63, 3.8) is 0 Å². The Bertz CT molecular complexity index is 144. The van der Waals surface area contributed by atoms with Crippen molar-refractivity contribution in [3.8, 4) is 0 Å². The highest BCUT2D eigenvalue weighted by Gasteiger charge is 2.23. The van der Waals surface area contributed by atoms with Gasteiger partial charge in [0.25, 0.3) is 0 Å². The first-order chi connectivity index (χ1) is 4.97. The smallest absolute Gasteiger partial charge is 0.0296 e. The number of nitrogens with one attached hydrogen (secondary N) is 2. The van der Waals surface area contributed by atoms with Gasteiger partial charge in [-0.15, -0.1) is 0 Å². The number of hydrogen-bond donors (Lipinski definition) is 2. The molecule has 0 aromatic rings. The molecule has 1 saturated heterocycles. The minimum atomic E-state index is 0.728. The Kier molecular flexibility index (Phi) is 1.61. The van der Waals surface area contributed by atoms with Gasteiger partial charge in [0, 0.05) is 18.8 Å². The van der Waals surface area contributed by atoms with Crippen LogP contribution in [0, 0.1) is 0 Å². The summed E-state index contributed by atoms with van der Waals surface area (Å²) < 4.78 is 0. The lowest BCUT2D eigenvalue weighted by molar-refractivity contribution is 0.156. The Labute approximate surface area is 61.0 Å². The lowest BCUT2D eigenvalue weighted by Crippen LogP contribution is -2.45. The van der Waals surface area contributed by atoms with Crippen molar-refractivity contribution in [2.24, 2.45) is 0 Å². The van der Waals surface area contributed by atoms with Gasteiger partial charge >= 0.3 is 0 Å². The van der Waals surface area contributed by atoms with Gasteiger partial charge in [-0.2, -0.15) is 5.53 Å². The fraction of sp³-hybridized carbons (Fsp3) is 0.714. The second kappa shape index (κ2) is 2.60. The van der Waals surface area contributed by atoms with Gasteiger partial charge in [0.05, 0.1) is 0 Å². The molecular weight excluding hydrogens is 126 g/mol. The lowest BCUT2D eigenvalue weighted by atomic mass is 10.1. The van der Waals surface area contributed by atoms with E-state index in [1.54, 1.807) is 0 Å². The highest BCUT2D eigenvalue weighted by atomic mass is 15.7. The molecule has 0 saturated carbocycles. The van der Waals surface area contributed by atoms with Gasteiger partial charge in [0.2, 0.25) is 0 Å². The average molecular weight is 139 g/mol. The minimum absolute atomic E-state index is 0.728. The Balaban J connectivity index is 2.02. The van der Waals surface area contributed by atoms with E-state index in [0.717, 1.165) is 6.04 Å². The van der Waals surface area contributed by atoms with Crippen molar-refractivity contribution in [2.45, 2.75) is 25.3 Å². The third-order valence-corrected chi connectivity index (χ3v) is 2.19. The molecule has 1 fully saturated rings. The van der Waals surface area contributed by atoms with Crippen molar-refractivity contribution in [1.82, 2.24) is 16.0 Å². The second-order valence-electron chi connectivity index (χ2n) is 2.88. The van der Waals surface area contributed by atoms with E-state index in [2.05, 4.69) is 22.0 Å². The van der Waals surface area contributed by atoms with Gasteiger partial charge in [-0.1, -0.05) is 6.08 Å². The molecule has 0 radical (unpaired) electrons. The third-order valence-electron chi connectivity index (χ3n) is 2.19. The summed E-state index contributed by atoms with van der Waals surface area (Å²) in [6, 6.07) is 0.728. The maximum absolute atomic E-state index is 3.14. The van der Waals surface area contributed by atoms with Crippen LogP contribution in [0.25, 0.3) is 0 Å².